The first-order valence-electron chi connectivity index (χ1n) is 6.45. The number of hydrogen-bond donors (Lipinski definition) is 2. The molecule has 0 radical (unpaired) electrons. The lowest BCUT2D eigenvalue weighted by Gasteiger charge is -2.31. The molecule has 9 heteroatoms. The van der Waals surface area contributed by atoms with Crippen LogP contribution < -0.4 is 16.0 Å². The molecule has 2 rings (SSSR count). The average Bonchev–Trinajstić information content (AvgIpc) is 2.99. The first-order chi connectivity index (χ1) is 9.92. The Morgan fingerprint density at radius 1 is 1.33 bits per heavy atom. The van der Waals surface area contributed by atoms with Crippen molar-refractivity contribution in [2.24, 2.45) is 5.84 Å². The molecule has 2 aromatic rings. The van der Waals surface area contributed by atoms with Crippen LogP contribution in [0.25, 0.3) is 5.95 Å². The molecule has 2 aromatic heterocycles. The smallest absolute Gasteiger partial charge is 0.323 e. The van der Waals surface area contributed by atoms with Crippen molar-refractivity contribution < 1.29 is 4.74 Å². The van der Waals surface area contributed by atoms with Gasteiger partial charge in [-0.05, 0) is 34.0 Å². The van der Waals surface area contributed by atoms with Crippen LogP contribution in [0, 0.1) is 0 Å². The van der Waals surface area contributed by atoms with Crippen LogP contribution in [-0.2, 0) is 0 Å². The van der Waals surface area contributed by atoms with Gasteiger partial charge in [0.1, 0.15) is 6.61 Å². The highest BCUT2D eigenvalue weighted by Crippen LogP contribution is 2.14. The Bertz CT molecular complexity index is 581. The Kier molecular flexibility index (Phi) is 4.34. The number of nitrogens with two attached hydrogens (primary N) is 1. The van der Waals surface area contributed by atoms with Gasteiger partial charge in [0, 0.05) is 17.9 Å². The maximum absolute atomic E-state index is 5.67. The predicted octanol–water partition coefficient (Wildman–Crippen LogP) is 0.0619. The maximum atomic E-state index is 5.67. The van der Waals surface area contributed by atoms with Crippen molar-refractivity contribution >= 4 is 5.95 Å². The standard InChI is InChI=1S/C12H20N8O/c1-12(2,19(3)4)8-21-11-16-9(18-13)15-10(17-11)20-7-5-6-14-20/h5-7H,8,13H2,1-4H3,(H,15,16,17,18). The fraction of sp³-hybridized carbons (Fsp3) is 0.500. The van der Waals surface area contributed by atoms with Crippen LogP contribution in [-0.4, -0.2) is 55.9 Å². The van der Waals surface area contributed by atoms with Gasteiger partial charge in [0.05, 0.1) is 0 Å². The molecule has 0 bridgehead atoms. The Balaban J connectivity index is 2.22. The fourth-order valence-corrected chi connectivity index (χ4v) is 1.33. The fourth-order valence-electron chi connectivity index (χ4n) is 1.33. The molecule has 0 saturated heterocycles. The summed E-state index contributed by atoms with van der Waals surface area (Å²) in [7, 11) is 3.97. The summed E-state index contributed by atoms with van der Waals surface area (Å²) >= 11 is 0. The van der Waals surface area contributed by atoms with Crippen LogP contribution in [0.5, 0.6) is 6.01 Å². The summed E-state index contributed by atoms with van der Waals surface area (Å²) in [5.74, 6) is 5.92. The minimum absolute atomic E-state index is 0.158. The van der Waals surface area contributed by atoms with E-state index in [1.807, 2.05) is 14.1 Å². The number of nitrogen functional groups attached to an aromatic ring is 1. The van der Waals surface area contributed by atoms with E-state index in [2.05, 4.69) is 44.2 Å². The minimum atomic E-state index is -0.158. The SMILES string of the molecule is CN(C)C(C)(C)COc1nc(NN)nc(-n2cccn2)n1. The lowest BCUT2D eigenvalue weighted by molar-refractivity contribution is 0.107. The number of likely N-dealkylation sites (N-methyl/N-ethyl adjacent to an activating group) is 1. The zero-order chi connectivity index (χ0) is 15.5. The van der Waals surface area contributed by atoms with Crippen molar-refractivity contribution in [1.29, 1.82) is 0 Å². The van der Waals surface area contributed by atoms with E-state index >= 15 is 0 Å². The highest BCUT2D eigenvalue weighted by molar-refractivity contribution is 5.28. The van der Waals surface area contributed by atoms with Gasteiger partial charge in [-0.15, -0.1) is 0 Å². The second-order valence-corrected chi connectivity index (χ2v) is 5.33. The predicted molar refractivity (Wildman–Crippen MR) is 78.0 cm³/mol. The van der Waals surface area contributed by atoms with Crippen LogP contribution >= 0.6 is 0 Å². The lowest BCUT2D eigenvalue weighted by atomic mass is 10.1. The first kappa shape index (κ1) is 15.1. The molecule has 21 heavy (non-hydrogen) atoms. The van der Waals surface area contributed by atoms with Gasteiger partial charge in [0.2, 0.25) is 5.95 Å². The van der Waals surface area contributed by atoms with E-state index < -0.39 is 0 Å². The van der Waals surface area contributed by atoms with Crippen LogP contribution in [0.3, 0.4) is 0 Å². The third-order valence-electron chi connectivity index (χ3n) is 3.21. The van der Waals surface area contributed by atoms with Gasteiger partial charge in [0.25, 0.3) is 5.95 Å². The molecule has 0 amide bonds. The number of aromatic nitrogens is 5. The van der Waals surface area contributed by atoms with Crippen LogP contribution in [0.4, 0.5) is 5.95 Å². The quantitative estimate of drug-likeness (QED) is 0.568. The third-order valence-corrected chi connectivity index (χ3v) is 3.21. The Morgan fingerprint density at radius 3 is 2.67 bits per heavy atom. The zero-order valence-electron chi connectivity index (χ0n) is 12.6. The molecule has 0 unspecified atom stereocenters. The number of nitrogens with one attached hydrogen (secondary N) is 1. The van der Waals surface area contributed by atoms with E-state index in [1.54, 1.807) is 18.5 Å². The Labute approximate surface area is 123 Å². The molecule has 0 spiro atoms. The van der Waals surface area contributed by atoms with E-state index in [9.17, 15) is 0 Å². The maximum Gasteiger partial charge on any atom is 0.323 e. The number of ether oxygens (including phenoxy) is 1. The summed E-state index contributed by atoms with van der Waals surface area (Å²) < 4.78 is 7.18. The molecule has 0 atom stereocenters. The Hall–Kier alpha value is -2.26. The number of nitrogens with zero attached hydrogens (tertiary/aromatic N) is 6. The molecule has 3 N–H and O–H groups in total. The van der Waals surface area contributed by atoms with Crippen molar-refractivity contribution in [3.63, 3.8) is 0 Å². The van der Waals surface area contributed by atoms with Gasteiger partial charge in [0.15, 0.2) is 0 Å². The van der Waals surface area contributed by atoms with E-state index in [-0.39, 0.29) is 17.5 Å². The van der Waals surface area contributed by atoms with E-state index in [0.29, 0.717) is 12.6 Å². The van der Waals surface area contributed by atoms with Gasteiger partial charge >= 0.3 is 6.01 Å². The summed E-state index contributed by atoms with van der Waals surface area (Å²) in [6.07, 6.45) is 3.36. The second-order valence-electron chi connectivity index (χ2n) is 5.33. The van der Waals surface area contributed by atoms with Gasteiger partial charge in [-0.1, -0.05) is 0 Å². The molecular weight excluding hydrogens is 272 g/mol. The van der Waals surface area contributed by atoms with Crippen LogP contribution in [0.2, 0.25) is 0 Å². The number of hydrogen-bond acceptors (Lipinski definition) is 8. The largest absolute Gasteiger partial charge is 0.461 e. The number of anilines is 1. The van der Waals surface area contributed by atoms with Crippen molar-refractivity contribution in [3.05, 3.63) is 18.5 Å². The van der Waals surface area contributed by atoms with E-state index in [1.165, 1.54) is 4.68 Å². The normalized spacial score (nSPS) is 11.7. The molecule has 0 aliphatic carbocycles. The molecular formula is C12H20N8O. The summed E-state index contributed by atoms with van der Waals surface area (Å²) in [6.45, 7) is 4.54. The van der Waals surface area contributed by atoms with Crippen LogP contribution in [0.1, 0.15) is 13.8 Å². The Morgan fingerprint density at radius 2 is 2.10 bits per heavy atom. The van der Waals surface area contributed by atoms with E-state index in [4.69, 9.17) is 10.6 Å². The first-order valence-corrected chi connectivity index (χ1v) is 6.45. The lowest BCUT2D eigenvalue weighted by Crippen LogP contribution is -2.43. The van der Waals surface area contributed by atoms with Gasteiger partial charge in [-0.2, -0.15) is 20.1 Å². The van der Waals surface area contributed by atoms with Crippen molar-refractivity contribution in [1.82, 2.24) is 29.6 Å². The van der Waals surface area contributed by atoms with Crippen LogP contribution in [0.15, 0.2) is 18.5 Å². The van der Waals surface area contributed by atoms with Gasteiger partial charge in [-0.3, -0.25) is 5.43 Å². The van der Waals surface area contributed by atoms with Crippen molar-refractivity contribution in [3.8, 4) is 12.0 Å². The monoisotopic (exact) mass is 292 g/mol. The third kappa shape index (κ3) is 3.64. The highest BCUT2D eigenvalue weighted by Gasteiger charge is 2.22. The molecule has 0 aliphatic rings. The molecule has 114 valence electrons. The number of rotatable bonds is 6. The molecule has 0 aromatic carbocycles. The summed E-state index contributed by atoms with van der Waals surface area (Å²) in [5.41, 5.74) is 2.24. The summed E-state index contributed by atoms with van der Waals surface area (Å²) in [4.78, 5) is 14.5. The highest BCUT2D eigenvalue weighted by atomic mass is 16.5. The number of hydrazine groups is 1. The van der Waals surface area contributed by atoms with E-state index in [0.717, 1.165) is 0 Å². The molecule has 0 saturated carbocycles. The second kappa shape index (κ2) is 6.02. The van der Waals surface area contributed by atoms with Crippen molar-refractivity contribution in [2.45, 2.75) is 19.4 Å². The topological polar surface area (TPSA) is 107 Å². The van der Waals surface area contributed by atoms with Gasteiger partial charge < -0.3 is 9.64 Å². The molecule has 9 nitrogen and oxygen atoms in total. The van der Waals surface area contributed by atoms with Crippen molar-refractivity contribution in [2.75, 3.05) is 26.1 Å². The van der Waals surface area contributed by atoms with Gasteiger partial charge in [-0.25, -0.2) is 10.5 Å². The summed E-state index contributed by atoms with van der Waals surface area (Å²) in [5, 5.41) is 4.07. The minimum Gasteiger partial charge on any atom is -0.461 e. The average molecular weight is 292 g/mol. The summed E-state index contributed by atoms with van der Waals surface area (Å²) in [6, 6.07) is 1.97. The zero-order valence-corrected chi connectivity index (χ0v) is 12.6. The molecule has 0 aliphatic heterocycles. The molecule has 2 heterocycles. The molecule has 0 fully saturated rings.